The first kappa shape index (κ1) is 16.7. The molecule has 0 aromatic heterocycles. The SMILES string of the molecule is COc1cc(C(=O)Oc2ccc(CON(O)O)cc2)ccc1O. The first-order valence-electron chi connectivity index (χ1n) is 6.48. The maximum atomic E-state index is 12.0. The van der Waals surface area contributed by atoms with E-state index < -0.39 is 5.97 Å². The van der Waals surface area contributed by atoms with E-state index in [-0.39, 0.29) is 29.1 Å². The van der Waals surface area contributed by atoms with Gasteiger partial charge >= 0.3 is 5.97 Å². The molecule has 0 heterocycles. The average molecular weight is 321 g/mol. The van der Waals surface area contributed by atoms with Crippen LogP contribution in [0.25, 0.3) is 0 Å². The molecule has 0 fully saturated rings. The number of phenols is 1. The summed E-state index contributed by atoms with van der Waals surface area (Å²) >= 11 is 0. The molecule has 0 unspecified atom stereocenters. The van der Waals surface area contributed by atoms with Crippen molar-refractivity contribution in [3.8, 4) is 17.2 Å². The fourth-order valence-corrected chi connectivity index (χ4v) is 1.76. The summed E-state index contributed by atoms with van der Waals surface area (Å²) in [5, 5.41) is 26.0. The number of nitrogens with zero attached hydrogens (tertiary/aromatic N) is 1. The van der Waals surface area contributed by atoms with Gasteiger partial charge in [0.15, 0.2) is 11.5 Å². The molecule has 8 heteroatoms. The Kier molecular flexibility index (Phi) is 5.50. The monoisotopic (exact) mass is 321 g/mol. The summed E-state index contributed by atoms with van der Waals surface area (Å²) in [6.45, 7) is -0.0591. The Morgan fingerprint density at radius 1 is 1.13 bits per heavy atom. The zero-order valence-corrected chi connectivity index (χ0v) is 12.2. The van der Waals surface area contributed by atoms with Gasteiger partial charge in [0.2, 0.25) is 0 Å². The highest BCUT2D eigenvalue weighted by Gasteiger charge is 2.12. The predicted octanol–water partition coefficient (Wildman–Crippen LogP) is 2.13. The first-order chi connectivity index (χ1) is 11.0. The molecule has 3 N–H and O–H groups in total. The smallest absolute Gasteiger partial charge is 0.343 e. The zero-order valence-electron chi connectivity index (χ0n) is 12.2. The van der Waals surface area contributed by atoms with Crippen molar-refractivity contribution in [2.75, 3.05) is 7.11 Å². The fourth-order valence-electron chi connectivity index (χ4n) is 1.76. The minimum absolute atomic E-state index is 0.0591. The van der Waals surface area contributed by atoms with Crippen molar-refractivity contribution >= 4 is 5.97 Å². The molecule has 0 saturated heterocycles. The zero-order chi connectivity index (χ0) is 16.8. The molecule has 0 bridgehead atoms. The van der Waals surface area contributed by atoms with Crippen molar-refractivity contribution in [1.29, 1.82) is 0 Å². The fraction of sp³-hybridized carbons (Fsp3) is 0.133. The Morgan fingerprint density at radius 3 is 2.43 bits per heavy atom. The largest absolute Gasteiger partial charge is 0.504 e. The van der Waals surface area contributed by atoms with Crippen molar-refractivity contribution in [3.63, 3.8) is 0 Å². The molecule has 122 valence electrons. The van der Waals surface area contributed by atoms with Gasteiger partial charge in [0.05, 0.1) is 24.7 Å². The second-order valence-corrected chi connectivity index (χ2v) is 4.45. The van der Waals surface area contributed by atoms with Gasteiger partial charge in [-0.25, -0.2) is 9.63 Å². The van der Waals surface area contributed by atoms with Crippen molar-refractivity contribution in [3.05, 3.63) is 53.6 Å². The number of phenolic OH excluding ortho intramolecular Hbond substituents is 1. The molecule has 2 rings (SSSR count). The third-order valence-corrected chi connectivity index (χ3v) is 2.90. The highest BCUT2D eigenvalue weighted by atomic mass is 17.1. The van der Waals surface area contributed by atoms with Crippen LogP contribution in [0.4, 0.5) is 0 Å². The second kappa shape index (κ2) is 7.56. The lowest BCUT2D eigenvalue weighted by Crippen LogP contribution is -2.13. The van der Waals surface area contributed by atoms with E-state index in [0.717, 1.165) is 0 Å². The van der Waals surface area contributed by atoms with Crippen LogP contribution < -0.4 is 9.47 Å². The number of ether oxygens (including phenoxy) is 2. The first-order valence-corrected chi connectivity index (χ1v) is 6.48. The van der Waals surface area contributed by atoms with E-state index in [9.17, 15) is 9.90 Å². The minimum atomic E-state index is -0.607. The van der Waals surface area contributed by atoms with Crippen LogP contribution in [0, 0.1) is 0 Å². The van der Waals surface area contributed by atoms with E-state index in [0.29, 0.717) is 11.3 Å². The number of hydrogen-bond donors (Lipinski definition) is 3. The van der Waals surface area contributed by atoms with Crippen LogP contribution >= 0.6 is 0 Å². The Morgan fingerprint density at radius 2 is 1.83 bits per heavy atom. The molecule has 0 amide bonds. The molecule has 0 aliphatic carbocycles. The maximum Gasteiger partial charge on any atom is 0.343 e. The Labute approximate surface area is 131 Å². The molecule has 0 atom stereocenters. The molecule has 0 aliphatic rings. The van der Waals surface area contributed by atoms with Crippen LogP contribution in [-0.4, -0.2) is 34.0 Å². The van der Waals surface area contributed by atoms with Gasteiger partial charge in [-0.05, 0) is 35.9 Å². The van der Waals surface area contributed by atoms with Gasteiger partial charge < -0.3 is 14.6 Å². The third kappa shape index (κ3) is 4.66. The van der Waals surface area contributed by atoms with Gasteiger partial charge in [-0.15, -0.1) is 0 Å². The summed E-state index contributed by atoms with van der Waals surface area (Å²) in [5.74, 6) is -0.209. The molecule has 23 heavy (non-hydrogen) atoms. The van der Waals surface area contributed by atoms with Crippen molar-refractivity contribution in [2.24, 2.45) is 0 Å². The van der Waals surface area contributed by atoms with Gasteiger partial charge in [-0.3, -0.25) is 10.4 Å². The molecule has 2 aromatic carbocycles. The molecule has 2 aromatic rings. The molecule has 0 radical (unpaired) electrons. The van der Waals surface area contributed by atoms with Crippen LogP contribution in [0.5, 0.6) is 17.2 Å². The van der Waals surface area contributed by atoms with Crippen LogP contribution in [0.3, 0.4) is 0 Å². The van der Waals surface area contributed by atoms with Crippen LogP contribution in [-0.2, 0) is 11.4 Å². The quantitative estimate of drug-likeness (QED) is 0.422. The number of rotatable bonds is 6. The highest BCUT2D eigenvalue weighted by Crippen LogP contribution is 2.27. The second-order valence-electron chi connectivity index (χ2n) is 4.45. The van der Waals surface area contributed by atoms with Crippen LogP contribution in [0.1, 0.15) is 15.9 Å². The number of benzene rings is 2. The van der Waals surface area contributed by atoms with E-state index in [4.69, 9.17) is 19.9 Å². The summed E-state index contributed by atoms with van der Waals surface area (Å²) in [6, 6.07) is 10.4. The molecule has 0 aliphatic heterocycles. The van der Waals surface area contributed by atoms with Crippen LogP contribution in [0.2, 0.25) is 0 Å². The Hall–Kier alpha value is -2.65. The van der Waals surface area contributed by atoms with Crippen molar-refractivity contribution < 1.29 is 34.6 Å². The lowest BCUT2D eigenvalue weighted by atomic mass is 10.2. The Balaban J connectivity index is 2.02. The number of hydrogen-bond acceptors (Lipinski definition) is 8. The van der Waals surface area contributed by atoms with Gasteiger partial charge in [0.25, 0.3) is 0 Å². The van der Waals surface area contributed by atoms with E-state index >= 15 is 0 Å². The molecular formula is C15H15NO7. The predicted molar refractivity (Wildman–Crippen MR) is 76.3 cm³/mol. The third-order valence-electron chi connectivity index (χ3n) is 2.90. The van der Waals surface area contributed by atoms with Gasteiger partial charge in [0.1, 0.15) is 5.75 Å². The number of aromatic hydroxyl groups is 1. The standard InChI is InChI=1S/C15H15NO7/c1-21-14-8-11(4-7-13(14)17)15(18)23-12-5-2-10(3-6-12)9-22-16(19)20/h2-8,17,19-20H,9H2,1H3. The summed E-state index contributed by atoms with van der Waals surface area (Å²) in [7, 11) is 1.38. The van der Waals surface area contributed by atoms with Gasteiger partial charge in [0, 0.05) is 0 Å². The van der Waals surface area contributed by atoms with Crippen LogP contribution in [0.15, 0.2) is 42.5 Å². The summed E-state index contributed by atoms with van der Waals surface area (Å²) in [5.41, 5.74) is 0.868. The van der Waals surface area contributed by atoms with Gasteiger partial charge in [-0.2, -0.15) is 0 Å². The summed E-state index contributed by atoms with van der Waals surface area (Å²) < 4.78 is 10.1. The maximum absolute atomic E-state index is 12.0. The van der Waals surface area contributed by atoms with Gasteiger partial charge in [-0.1, -0.05) is 12.1 Å². The number of carbonyl (C=O) groups is 1. The molecular weight excluding hydrogens is 306 g/mol. The molecule has 0 saturated carbocycles. The molecule has 0 spiro atoms. The highest BCUT2D eigenvalue weighted by molar-refractivity contribution is 5.91. The Bertz CT molecular complexity index is 670. The van der Waals surface area contributed by atoms with Crippen molar-refractivity contribution in [2.45, 2.75) is 6.61 Å². The molecule has 8 nitrogen and oxygen atoms in total. The topological polar surface area (TPSA) is 109 Å². The summed E-state index contributed by atoms with van der Waals surface area (Å²) in [6.07, 6.45) is 0. The van der Waals surface area contributed by atoms with Crippen molar-refractivity contribution in [1.82, 2.24) is 5.39 Å². The lowest BCUT2D eigenvalue weighted by molar-refractivity contribution is -0.497. The van der Waals surface area contributed by atoms with E-state index in [1.807, 2.05) is 0 Å². The van der Waals surface area contributed by atoms with E-state index in [2.05, 4.69) is 4.84 Å². The summed E-state index contributed by atoms with van der Waals surface area (Å²) in [4.78, 5) is 16.5. The average Bonchev–Trinajstić information content (AvgIpc) is 2.54. The normalized spacial score (nSPS) is 10.6. The van der Waals surface area contributed by atoms with E-state index in [1.54, 1.807) is 12.1 Å². The number of carbonyl (C=O) groups excluding carboxylic acids is 1. The number of methoxy groups -OCH3 is 1. The minimum Gasteiger partial charge on any atom is -0.504 e. The lowest BCUT2D eigenvalue weighted by Gasteiger charge is -2.09. The number of esters is 1. The van der Waals surface area contributed by atoms with E-state index in [1.165, 1.54) is 37.4 Å².